The molecule has 0 saturated carbocycles. The molecule has 0 aliphatic carbocycles. The van der Waals surface area contributed by atoms with Gasteiger partial charge in [-0.05, 0) is 30.7 Å². The predicted octanol–water partition coefficient (Wildman–Crippen LogP) is 4.46. The Morgan fingerprint density at radius 1 is 1.24 bits per heavy atom. The highest BCUT2D eigenvalue weighted by Gasteiger charge is 2.23. The quantitative estimate of drug-likeness (QED) is 0.797. The van der Waals surface area contributed by atoms with Crippen LogP contribution >= 0.6 is 27.7 Å². The summed E-state index contributed by atoms with van der Waals surface area (Å²) in [5, 5.41) is 3.59. The van der Waals surface area contributed by atoms with Crippen LogP contribution in [0.25, 0.3) is 0 Å². The Kier molecular flexibility index (Phi) is 6.60. The van der Waals surface area contributed by atoms with Crippen LogP contribution in [0.4, 0.5) is 0 Å². The van der Waals surface area contributed by atoms with Gasteiger partial charge in [0.1, 0.15) is 0 Å². The van der Waals surface area contributed by atoms with Gasteiger partial charge in [0.05, 0.1) is 0 Å². The molecular weight excluding hydrogens is 294 g/mol. The zero-order valence-corrected chi connectivity index (χ0v) is 13.3. The average molecular weight is 316 g/mol. The van der Waals surface area contributed by atoms with E-state index in [9.17, 15) is 0 Å². The number of hydrogen-bond acceptors (Lipinski definition) is 2. The molecule has 96 valence electrons. The lowest BCUT2D eigenvalue weighted by molar-refractivity contribution is 0.494. The normalized spacial score (nSPS) is 11.8. The monoisotopic (exact) mass is 315 g/mol. The van der Waals surface area contributed by atoms with Gasteiger partial charge < -0.3 is 5.32 Å². The highest BCUT2D eigenvalue weighted by atomic mass is 79.9. The molecule has 0 unspecified atom stereocenters. The summed E-state index contributed by atoms with van der Waals surface area (Å²) >= 11 is 5.57. The fourth-order valence-electron chi connectivity index (χ4n) is 1.93. The summed E-state index contributed by atoms with van der Waals surface area (Å²) < 4.78 is 1.58. The van der Waals surface area contributed by atoms with Crippen LogP contribution < -0.4 is 5.32 Å². The summed E-state index contributed by atoms with van der Waals surface area (Å²) in [7, 11) is 0. The molecule has 0 spiro atoms. The molecule has 0 aliphatic rings. The molecule has 0 heterocycles. The van der Waals surface area contributed by atoms with E-state index in [0.717, 1.165) is 13.1 Å². The minimum atomic E-state index is 0.390. The molecule has 1 aromatic carbocycles. The van der Waals surface area contributed by atoms with Crippen molar-refractivity contribution in [2.75, 3.05) is 12.8 Å². The first-order valence-electron chi connectivity index (χ1n) is 6.16. The van der Waals surface area contributed by atoms with Crippen molar-refractivity contribution in [2.45, 2.75) is 38.0 Å². The lowest BCUT2D eigenvalue weighted by Gasteiger charge is -2.30. The van der Waals surface area contributed by atoms with E-state index in [-0.39, 0.29) is 0 Å². The van der Waals surface area contributed by atoms with Crippen LogP contribution in [0.2, 0.25) is 0 Å². The highest BCUT2D eigenvalue weighted by molar-refractivity contribution is 9.10. The van der Waals surface area contributed by atoms with Gasteiger partial charge in [-0.3, -0.25) is 0 Å². The minimum absolute atomic E-state index is 0.390. The van der Waals surface area contributed by atoms with Gasteiger partial charge in [-0.15, -0.1) is 0 Å². The van der Waals surface area contributed by atoms with Crippen LogP contribution in [0.15, 0.2) is 28.7 Å². The fraction of sp³-hybridized carbons (Fsp3) is 0.571. The van der Waals surface area contributed by atoms with Gasteiger partial charge in [-0.25, -0.2) is 0 Å². The standard InChI is InChI=1S/C14H22BrNS/c1-4-14(5-2,17-3)11-16-10-12-8-6-7-9-13(12)15/h6-9,16H,4-5,10-11H2,1-3H3. The van der Waals surface area contributed by atoms with Crippen LogP contribution in [-0.2, 0) is 6.54 Å². The van der Waals surface area contributed by atoms with Gasteiger partial charge in [0, 0.05) is 22.3 Å². The third-order valence-corrected chi connectivity index (χ3v) is 5.80. The number of rotatable bonds is 7. The predicted molar refractivity (Wildman–Crippen MR) is 82.7 cm³/mol. The molecule has 3 heteroatoms. The number of thioether (sulfide) groups is 1. The summed E-state index contributed by atoms with van der Waals surface area (Å²) in [4.78, 5) is 0. The maximum atomic E-state index is 3.59. The summed E-state index contributed by atoms with van der Waals surface area (Å²) in [5.41, 5.74) is 1.33. The van der Waals surface area contributed by atoms with Crippen molar-refractivity contribution in [2.24, 2.45) is 0 Å². The van der Waals surface area contributed by atoms with Gasteiger partial charge in [-0.2, -0.15) is 11.8 Å². The Bertz CT molecular complexity index is 328. The molecule has 1 aromatic rings. The molecule has 0 radical (unpaired) electrons. The van der Waals surface area contributed by atoms with Crippen molar-refractivity contribution in [3.05, 3.63) is 34.3 Å². The Morgan fingerprint density at radius 3 is 2.41 bits per heavy atom. The second-order valence-corrected chi connectivity index (χ2v) is 6.42. The first-order chi connectivity index (χ1) is 8.17. The Hall–Kier alpha value is 0.01000. The average Bonchev–Trinajstić information content (AvgIpc) is 2.37. The van der Waals surface area contributed by atoms with Crippen LogP contribution in [0.5, 0.6) is 0 Å². The molecule has 0 aliphatic heterocycles. The van der Waals surface area contributed by atoms with E-state index in [1.165, 1.54) is 22.9 Å². The van der Waals surface area contributed by atoms with Crippen molar-refractivity contribution in [1.82, 2.24) is 5.32 Å². The van der Waals surface area contributed by atoms with Gasteiger partial charge >= 0.3 is 0 Å². The zero-order valence-electron chi connectivity index (χ0n) is 10.9. The lowest BCUT2D eigenvalue weighted by atomic mass is 10.0. The molecule has 0 bridgehead atoms. The number of hydrogen-bond donors (Lipinski definition) is 1. The second kappa shape index (κ2) is 7.45. The maximum absolute atomic E-state index is 3.59. The first kappa shape index (κ1) is 15.1. The molecule has 1 rings (SSSR count). The topological polar surface area (TPSA) is 12.0 Å². The molecule has 0 aromatic heterocycles. The highest BCUT2D eigenvalue weighted by Crippen LogP contribution is 2.29. The first-order valence-corrected chi connectivity index (χ1v) is 8.18. The van der Waals surface area contributed by atoms with Crippen molar-refractivity contribution in [3.63, 3.8) is 0 Å². The molecule has 0 fully saturated rings. The third-order valence-electron chi connectivity index (χ3n) is 3.44. The van der Waals surface area contributed by atoms with Gasteiger partial charge in [0.25, 0.3) is 0 Å². The molecule has 0 atom stereocenters. The van der Waals surface area contributed by atoms with E-state index in [2.05, 4.69) is 65.6 Å². The van der Waals surface area contributed by atoms with Crippen molar-refractivity contribution in [3.8, 4) is 0 Å². The SMILES string of the molecule is CCC(CC)(CNCc1ccccc1Br)SC. The van der Waals surface area contributed by atoms with Crippen molar-refractivity contribution < 1.29 is 0 Å². The summed E-state index contributed by atoms with van der Waals surface area (Å²) in [5.74, 6) is 0. The smallest absolute Gasteiger partial charge is 0.0276 e. The summed E-state index contributed by atoms with van der Waals surface area (Å²) in [6, 6.07) is 8.40. The van der Waals surface area contributed by atoms with Gasteiger partial charge in [0.15, 0.2) is 0 Å². The van der Waals surface area contributed by atoms with Gasteiger partial charge in [-0.1, -0.05) is 48.0 Å². The Balaban J connectivity index is 2.49. The molecule has 0 saturated heterocycles. The maximum Gasteiger partial charge on any atom is 0.0276 e. The van der Waals surface area contributed by atoms with Crippen LogP contribution in [0, 0.1) is 0 Å². The van der Waals surface area contributed by atoms with E-state index in [1.54, 1.807) is 0 Å². The van der Waals surface area contributed by atoms with Crippen LogP contribution in [0.1, 0.15) is 32.3 Å². The third kappa shape index (κ3) is 4.31. The Morgan fingerprint density at radius 2 is 1.88 bits per heavy atom. The molecule has 1 nitrogen and oxygen atoms in total. The summed E-state index contributed by atoms with van der Waals surface area (Å²) in [6.07, 6.45) is 4.65. The van der Waals surface area contributed by atoms with E-state index in [0.29, 0.717) is 4.75 Å². The number of halogens is 1. The molecular formula is C14H22BrNS. The molecule has 1 N–H and O–H groups in total. The van der Waals surface area contributed by atoms with E-state index >= 15 is 0 Å². The molecule has 17 heavy (non-hydrogen) atoms. The summed E-state index contributed by atoms with van der Waals surface area (Å²) in [6.45, 7) is 6.56. The molecule has 0 amide bonds. The van der Waals surface area contributed by atoms with Crippen LogP contribution in [-0.4, -0.2) is 17.5 Å². The fourth-order valence-corrected chi connectivity index (χ4v) is 3.18. The van der Waals surface area contributed by atoms with Gasteiger partial charge in [0.2, 0.25) is 0 Å². The zero-order chi connectivity index (χ0) is 12.7. The number of nitrogens with one attached hydrogen (secondary N) is 1. The van der Waals surface area contributed by atoms with Crippen molar-refractivity contribution in [1.29, 1.82) is 0 Å². The Labute approximate surface area is 118 Å². The van der Waals surface area contributed by atoms with Crippen LogP contribution in [0.3, 0.4) is 0 Å². The minimum Gasteiger partial charge on any atom is -0.311 e. The number of benzene rings is 1. The van der Waals surface area contributed by atoms with E-state index in [1.807, 2.05) is 11.8 Å². The van der Waals surface area contributed by atoms with Crippen molar-refractivity contribution >= 4 is 27.7 Å². The lowest BCUT2D eigenvalue weighted by Crippen LogP contribution is -2.36. The second-order valence-electron chi connectivity index (χ2n) is 4.29. The largest absolute Gasteiger partial charge is 0.311 e. The van der Waals surface area contributed by atoms with E-state index in [4.69, 9.17) is 0 Å². The van der Waals surface area contributed by atoms with E-state index < -0.39 is 0 Å².